The topological polar surface area (TPSA) is 18.5 Å². The van der Waals surface area contributed by atoms with Crippen molar-refractivity contribution in [3.8, 4) is 0 Å². The van der Waals surface area contributed by atoms with Crippen LogP contribution in [0.1, 0.15) is 45.4 Å². The minimum atomic E-state index is 0.559. The molecule has 1 aliphatic heterocycles. The molecule has 1 N–H and O–H groups in total. The van der Waals surface area contributed by atoms with Crippen molar-refractivity contribution in [2.24, 2.45) is 11.3 Å². The molecule has 3 rings (SSSR count). The normalized spacial score (nSPS) is 37.2. The van der Waals surface area contributed by atoms with Gasteiger partial charge in [-0.1, -0.05) is 19.8 Å². The molecule has 3 fully saturated rings. The van der Waals surface area contributed by atoms with Gasteiger partial charge in [0.25, 0.3) is 0 Å². The van der Waals surface area contributed by atoms with E-state index in [1.807, 2.05) is 0 Å². The minimum Gasteiger partial charge on any atom is -0.319 e. The summed E-state index contributed by atoms with van der Waals surface area (Å²) in [6.45, 7) is 10.2. The third-order valence-corrected chi connectivity index (χ3v) is 5.92. The van der Waals surface area contributed by atoms with Crippen molar-refractivity contribution in [3.05, 3.63) is 0 Å². The van der Waals surface area contributed by atoms with Crippen LogP contribution >= 0.6 is 0 Å². The molecule has 0 unspecified atom stereocenters. The zero-order chi connectivity index (χ0) is 14.0. The Kier molecular flexibility index (Phi) is 4.68. The van der Waals surface area contributed by atoms with Gasteiger partial charge in [0.1, 0.15) is 0 Å². The lowest BCUT2D eigenvalue weighted by Crippen LogP contribution is -2.52. The average molecular weight is 279 g/mol. The van der Waals surface area contributed by atoms with Crippen LogP contribution in [0.4, 0.5) is 0 Å². The Balaban J connectivity index is 1.51. The first-order valence-corrected chi connectivity index (χ1v) is 8.82. The molecule has 0 bridgehead atoms. The lowest BCUT2D eigenvalue weighted by Gasteiger charge is -2.45. The lowest BCUT2D eigenvalue weighted by atomic mass is 9.70. The van der Waals surface area contributed by atoms with Crippen LogP contribution in [-0.4, -0.2) is 62.2 Å². The van der Waals surface area contributed by atoms with Gasteiger partial charge in [0.05, 0.1) is 0 Å². The van der Waals surface area contributed by atoms with Gasteiger partial charge in [-0.3, -0.25) is 4.90 Å². The molecule has 0 amide bonds. The summed E-state index contributed by atoms with van der Waals surface area (Å²) in [6.07, 6.45) is 8.65. The third kappa shape index (κ3) is 3.55. The fraction of sp³-hybridized carbons (Fsp3) is 1.00. The summed E-state index contributed by atoms with van der Waals surface area (Å²) in [5, 5.41) is 3.48. The van der Waals surface area contributed by atoms with Gasteiger partial charge in [0.2, 0.25) is 0 Å². The van der Waals surface area contributed by atoms with E-state index in [0.717, 1.165) is 12.0 Å². The molecule has 2 saturated carbocycles. The van der Waals surface area contributed by atoms with E-state index in [9.17, 15) is 0 Å². The molecule has 0 aromatic carbocycles. The van der Waals surface area contributed by atoms with Gasteiger partial charge in [-0.25, -0.2) is 0 Å². The summed E-state index contributed by atoms with van der Waals surface area (Å²) >= 11 is 0. The van der Waals surface area contributed by atoms with Crippen molar-refractivity contribution < 1.29 is 0 Å². The Morgan fingerprint density at radius 1 is 1.00 bits per heavy atom. The predicted molar refractivity (Wildman–Crippen MR) is 85.0 cm³/mol. The van der Waals surface area contributed by atoms with Gasteiger partial charge >= 0.3 is 0 Å². The highest BCUT2D eigenvalue weighted by molar-refractivity contribution is 4.92. The van der Waals surface area contributed by atoms with E-state index >= 15 is 0 Å². The summed E-state index contributed by atoms with van der Waals surface area (Å²) in [6, 6.07) is 0.957. The summed E-state index contributed by atoms with van der Waals surface area (Å²) in [5.41, 5.74) is 0.559. The number of hydrogen-bond donors (Lipinski definition) is 1. The smallest absolute Gasteiger partial charge is 0.0113 e. The fourth-order valence-corrected chi connectivity index (χ4v) is 4.34. The third-order valence-electron chi connectivity index (χ3n) is 5.92. The number of hydrogen-bond acceptors (Lipinski definition) is 3. The summed E-state index contributed by atoms with van der Waals surface area (Å²) in [5.74, 6) is 0.951. The zero-order valence-electron chi connectivity index (χ0n) is 13.5. The van der Waals surface area contributed by atoms with Crippen LogP contribution in [0.15, 0.2) is 0 Å². The standard InChI is InChI=1S/C17H33N3/c1-15-5-7-17(8-6-15,13-18-2)14-19-9-11-20(12-10-19)16-3-4-16/h15-16,18H,3-14H2,1-2H3. The first-order valence-electron chi connectivity index (χ1n) is 8.82. The zero-order valence-corrected chi connectivity index (χ0v) is 13.5. The van der Waals surface area contributed by atoms with Crippen LogP contribution in [0.2, 0.25) is 0 Å². The molecule has 1 heterocycles. The Morgan fingerprint density at radius 3 is 2.20 bits per heavy atom. The number of piperazine rings is 1. The average Bonchev–Trinajstić information content (AvgIpc) is 3.28. The van der Waals surface area contributed by atoms with Crippen molar-refractivity contribution in [3.63, 3.8) is 0 Å². The quantitative estimate of drug-likeness (QED) is 0.832. The van der Waals surface area contributed by atoms with Crippen molar-refractivity contribution in [1.82, 2.24) is 15.1 Å². The molecule has 0 aromatic rings. The highest BCUT2D eigenvalue weighted by atomic mass is 15.3. The highest BCUT2D eigenvalue weighted by Crippen LogP contribution is 2.39. The van der Waals surface area contributed by atoms with Crippen LogP contribution in [0.25, 0.3) is 0 Å². The van der Waals surface area contributed by atoms with Crippen molar-refractivity contribution >= 4 is 0 Å². The SMILES string of the molecule is CNCC1(CN2CCN(C3CC3)CC2)CCC(C)CC1. The summed E-state index contributed by atoms with van der Waals surface area (Å²) in [4.78, 5) is 5.48. The largest absolute Gasteiger partial charge is 0.319 e. The van der Waals surface area contributed by atoms with Crippen LogP contribution in [0.5, 0.6) is 0 Å². The van der Waals surface area contributed by atoms with Crippen molar-refractivity contribution in [1.29, 1.82) is 0 Å². The van der Waals surface area contributed by atoms with Crippen LogP contribution in [0.3, 0.4) is 0 Å². The van der Waals surface area contributed by atoms with E-state index in [4.69, 9.17) is 0 Å². The summed E-state index contributed by atoms with van der Waals surface area (Å²) in [7, 11) is 2.13. The maximum absolute atomic E-state index is 3.48. The molecule has 3 heteroatoms. The van der Waals surface area contributed by atoms with E-state index in [1.54, 1.807) is 0 Å². The molecule has 0 aromatic heterocycles. The van der Waals surface area contributed by atoms with Crippen LogP contribution in [-0.2, 0) is 0 Å². The van der Waals surface area contributed by atoms with E-state index in [1.165, 1.54) is 77.8 Å². The fourth-order valence-electron chi connectivity index (χ4n) is 4.34. The van der Waals surface area contributed by atoms with Crippen molar-refractivity contribution in [2.45, 2.75) is 51.5 Å². The molecule has 0 radical (unpaired) electrons. The molecule has 116 valence electrons. The van der Waals surface area contributed by atoms with E-state index in [0.29, 0.717) is 5.41 Å². The van der Waals surface area contributed by atoms with Crippen LogP contribution in [0, 0.1) is 11.3 Å². The minimum absolute atomic E-state index is 0.559. The number of nitrogens with one attached hydrogen (secondary N) is 1. The van der Waals surface area contributed by atoms with Gasteiger partial charge in [0, 0.05) is 45.3 Å². The molecule has 1 saturated heterocycles. The maximum Gasteiger partial charge on any atom is 0.0113 e. The number of rotatable bonds is 5. The van der Waals surface area contributed by atoms with E-state index < -0.39 is 0 Å². The second-order valence-corrected chi connectivity index (χ2v) is 7.76. The Bertz CT molecular complexity index is 297. The molecule has 3 aliphatic rings. The lowest BCUT2D eigenvalue weighted by molar-refractivity contribution is 0.0523. The molecule has 0 atom stereocenters. The molecule has 3 nitrogen and oxygen atoms in total. The second-order valence-electron chi connectivity index (χ2n) is 7.76. The van der Waals surface area contributed by atoms with Gasteiger partial charge in [-0.15, -0.1) is 0 Å². The predicted octanol–water partition coefficient (Wildman–Crippen LogP) is 2.18. The first kappa shape index (κ1) is 14.8. The Hall–Kier alpha value is -0.120. The highest BCUT2D eigenvalue weighted by Gasteiger charge is 2.37. The molecule has 2 aliphatic carbocycles. The molecular formula is C17H33N3. The van der Waals surface area contributed by atoms with Crippen molar-refractivity contribution in [2.75, 3.05) is 46.3 Å². The van der Waals surface area contributed by atoms with Gasteiger partial charge in [-0.2, -0.15) is 0 Å². The summed E-state index contributed by atoms with van der Waals surface area (Å²) < 4.78 is 0. The van der Waals surface area contributed by atoms with Gasteiger partial charge in [0.15, 0.2) is 0 Å². The maximum atomic E-state index is 3.48. The Labute approximate surface area is 125 Å². The molecule has 20 heavy (non-hydrogen) atoms. The molecular weight excluding hydrogens is 246 g/mol. The monoisotopic (exact) mass is 279 g/mol. The van der Waals surface area contributed by atoms with Gasteiger partial charge < -0.3 is 10.2 Å². The second kappa shape index (κ2) is 6.33. The first-order chi connectivity index (χ1) is 9.71. The van der Waals surface area contributed by atoms with Gasteiger partial charge in [-0.05, 0) is 44.1 Å². The van der Waals surface area contributed by atoms with E-state index in [2.05, 4.69) is 29.1 Å². The van der Waals surface area contributed by atoms with Crippen LogP contribution < -0.4 is 5.32 Å². The number of nitrogens with zero attached hydrogens (tertiary/aromatic N) is 2. The molecule has 0 spiro atoms. The van der Waals surface area contributed by atoms with E-state index in [-0.39, 0.29) is 0 Å². The Morgan fingerprint density at radius 2 is 1.65 bits per heavy atom.